The van der Waals surface area contributed by atoms with Gasteiger partial charge in [0.25, 0.3) is 0 Å². The Morgan fingerprint density at radius 3 is 2.48 bits per heavy atom. The van der Waals surface area contributed by atoms with Crippen LogP contribution in [-0.2, 0) is 14.8 Å². The van der Waals surface area contributed by atoms with Gasteiger partial charge in [-0.1, -0.05) is 24.3 Å². The SMILES string of the molecule is NC(=O)C1=CCN(S(=O)(=O)c2ccc(C3=CCNCC3)cc2)C1. The van der Waals surface area contributed by atoms with Crippen LogP contribution in [0.3, 0.4) is 0 Å². The summed E-state index contributed by atoms with van der Waals surface area (Å²) in [7, 11) is -3.61. The van der Waals surface area contributed by atoms with E-state index in [1.165, 1.54) is 9.88 Å². The average Bonchev–Trinajstić information content (AvgIpc) is 3.07. The van der Waals surface area contributed by atoms with Crippen molar-refractivity contribution in [2.24, 2.45) is 5.73 Å². The highest BCUT2D eigenvalue weighted by atomic mass is 32.2. The van der Waals surface area contributed by atoms with Crippen LogP contribution in [0.25, 0.3) is 5.57 Å². The largest absolute Gasteiger partial charge is 0.366 e. The van der Waals surface area contributed by atoms with Crippen LogP contribution in [0.15, 0.2) is 46.9 Å². The van der Waals surface area contributed by atoms with E-state index in [-0.39, 0.29) is 18.0 Å². The molecule has 0 aliphatic carbocycles. The molecule has 3 N–H and O–H groups in total. The first-order chi connectivity index (χ1) is 11.0. The molecule has 3 rings (SSSR count). The molecule has 2 heterocycles. The normalized spacial score (nSPS) is 19.3. The van der Waals surface area contributed by atoms with Crippen molar-refractivity contribution < 1.29 is 13.2 Å². The zero-order chi connectivity index (χ0) is 16.4. The van der Waals surface area contributed by atoms with Gasteiger partial charge in [0.2, 0.25) is 15.9 Å². The van der Waals surface area contributed by atoms with Gasteiger partial charge in [-0.15, -0.1) is 0 Å². The van der Waals surface area contributed by atoms with Gasteiger partial charge in [-0.3, -0.25) is 4.79 Å². The molecule has 23 heavy (non-hydrogen) atoms. The molecule has 1 amide bonds. The van der Waals surface area contributed by atoms with Crippen LogP contribution in [0.5, 0.6) is 0 Å². The molecule has 0 saturated carbocycles. The molecule has 0 fully saturated rings. The van der Waals surface area contributed by atoms with Gasteiger partial charge in [0.05, 0.1) is 4.90 Å². The summed E-state index contributed by atoms with van der Waals surface area (Å²) >= 11 is 0. The van der Waals surface area contributed by atoms with Gasteiger partial charge in [0.1, 0.15) is 0 Å². The van der Waals surface area contributed by atoms with E-state index >= 15 is 0 Å². The minimum absolute atomic E-state index is 0.0379. The van der Waals surface area contributed by atoms with Crippen LogP contribution in [0.4, 0.5) is 0 Å². The van der Waals surface area contributed by atoms with Crippen molar-refractivity contribution in [2.75, 3.05) is 26.2 Å². The number of carbonyl (C=O) groups excluding carboxylic acids is 1. The van der Waals surface area contributed by atoms with Gasteiger partial charge in [-0.25, -0.2) is 8.42 Å². The maximum Gasteiger partial charge on any atom is 0.245 e. The Hall–Kier alpha value is -1.96. The van der Waals surface area contributed by atoms with Crippen molar-refractivity contribution >= 4 is 21.5 Å². The number of nitrogens with one attached hydrogen (secondary N) is 1. The Kier molecular flexibility index (Phi) is 4.34. The van der Waals surface area contributed by atoms with Crippen LogP contribution in [0.1, 0.15) is 12.0 Å². The van der Waals surface area contributed by atoms with Gasteiger partial charge >= 0.3 is 0 Å². The minimum Gasteiger partial charge on any atom is -0.366 e. The van der Waals surface area contributed by atoms with Gasteiger partial charge in [-0.2, -0.15) is 4.31 Å². The zero-order valence-electron chi connectivity index (χ0n) is 12.7. The summed E-state index contributed by atoms with van der Waals surface area (Å²) in [6.07, 6.45) is 4.62. The highest BCUT2D eigenvalue weighted by molar-refractivity contribution is 7.89. The molecular weight excluding hydrogens is 314 g/mol. The van der Waals surface area contributed by atoms with E-state index in [2.05, 4.69) is 11.4 Å². The Morgan fingerprint density at radius 2 is 1.91 bits per heavy atom. The third-order valence-corrected chi connectivity index (χ3v) is 5.96. The van der Waals surface area contributed by atoms with Crippen LogP contribution in [0.2, 0.25) is 0 Å². The zero-order valence-corrected chi connectivity index (χ0v) is 13.5. The molecule has 7 heteroatoms. The summed E-state index contributed by atoms with van der Waals surface area (Å²) in [5.41, 5.74) is 7.81. The Morgan fingerprint density at radius 1 is 1.17 bits per heavy atom. The summed E-state index contributed by atoms with van der Waals surface area (Å²) in [5, 5.41) is 3.25. The molecule has 0 atom stereocenters. The molecule has 122 valence electrons. The van der Waals surface area contributed by atoms with Crippen molar-refractivity contribution in [3.8, 4) is 0 Å². The highest BCUT2D eigenvalue weighted by Crippen LogP contribution is 2.24. The second kappa shape index (κ2) is 6.27. The van der Waals surface area contributed by atoms with Crippen LogP contribution in [0, 0.1) is 0 Å². The number of hydrogen-bond acceptors (Lipinski definition) is 4. The van der Waals surface area contributed by atoms with Crippen molar-refractivity contribution in [1.82, 2.24) is 9.62 Å². The number of nitrogens with zero attached hydrogens (tertiary/aromatic N) is 1. The van der Waals surface area contributed by atoms with Crippen LogP contribution >= 0.6 is 0 Å². The van der Waals surface area contributed by atoms with E-state index in [4.69, 9.17) is 5.73 Å². The minimum atomic E-state index is -3.61. The number of hydrogen-bond donors (Lipinski definition) is 2. The van der Waals surface area contributed by atoms with E-state index in [1.807, 2.05) is 12.1 Å². The lowest BCUT2D eigenvalue weighted by Gasteiger charge is -2.17. The van der Waals surface area contributed by atoms with Gasteiger partial charge in [0.15, 0.2) is 0 Å². The number of nitrogens with two attached hydrogens (primary N) is 1. The summed E-state index contributed by atoms with van der Waals surface area (Å²) in [5.74, 6) is -0.573. The van der Waals surface area contributed by atoms with Crippen LogP contribution in [-0.4, -0.2) is 44.8 Å². The topological polar surface area (TPSA) is 92.5 Å². The Balaban J connectivity index is 1.79. The smallest absolute Gasteiger partial charge is 0.245 e. The highest BCUT2D eigenvalue weighted by Gasteiger charge is 2.29. The molecule has 0 aromatic heterocycles. The van der Waals surface area contributed by atoms with Crippen molar-refractivity contribution in [3.05, 3.63) is 47.6 Å². The molecule has 2 aliphatic rings. The molecule has 2 aliphatic heterocycles. The monoisotopic (exact) mass is 333 g/mol. The molecule has 0 saturated heterocycles. The lowest BCUT2D eigenvalue weighted by molar-refractivity contribution is -0.114. The lowest BCUT2D eigenvalue weighted by atomic mass is 10.0. The fourth-order valence-electron chi connectivity index (χ4n) is 2.77. The Labute approximate surface area is 135 Å². The molecule has 6 nitrogen and oxygen atoms in total. The summed E-state index contributed by atoms with van der Waals surface area (Å²) in [6, 6.07) is 6.91. The maximum absolute atomic E-state index is 12.6. The van der Waals surface area contributed by atoms with Crippen molar-refractivity contribution in [3.63, 3.8) is 0 Å². The van der Waals surface area contributed by atoms with E-state index in [1.54, 1.807) is 18.2 Å². The molecular formula is C16H19N3O3S. The molecule has 1 aromatic carbocycles. The van der Waals surface area contributed by atoms with Crippen molar-refractivity contribution in [2.45, 2.75) is 11.3 Å². The van der Waals surface area contributed by atoms with Crippen molar-refractivity contribution in [1.29, 1.82) is 0 Å². The number of primary amides is 1. The first-order valence-electron chi connectivity index (χ1n) is 7.47. The first-order valence-corrected chi connectivity index (χ1v) is 8.91. The second-order valence-electron chi connectivity index (χ2n) is 5.60. The van der Waals surface area contributed by atoms with Crippen LogP contribution < -0.4 is 11.1 Å². The van der Waals surface area contributed by atoms with Gasteiger partial charge in [-0.05, 0) is 36.2 Å². The summed E-state index contributed by atoms with van der Waals surface area (Å²) < 4.78 is 26.5. The fourth-order valence-corrected chi connectivity index (χ4v) is 4.13. The predicted molar refractivity (Wildman–Crippen MR) is 87.9 cm³/mol. The second-order valence-corrected chi connectivity index (χ2v) is 7.54. The standard InChI is InChI=1S/C16H19N3O3S/c17-16(20)14-7-10-19(11-14)23(21,22)15-3-1-12(2-4-15)13-5-8-18-9-6-13/h1-5,7,18H,6,8-11H2,(H2,17,20). The van der Waals surface area contributed by atoms with Gasteiger partial charge in [0, 0.05) is 25.2 Å². The summed E-state index contributed by atoms with van der Waals surface area (Å²) in [6.45, 7) is 1.99. The van der Waals surface area contributed by atoms with E-state index in [9.17, 15) is 13.2 Å². The third kappa shape index (κ3) is 3.21. The molecule has 0 unspecified atom stereocenters. The quantitative estimate of drug-likeness (QED) is 0.838. The fraction of sp³-hybridized carbons (Fsp3) is 0.312. The predicted octanol–water partition coefficient (Wildman–Crippen LogP) is 0.479. The van der Waals surface area contributed by atoms with E-state index in [0.717, 1.165) is 25.1 Å². The molecule has 0 bridgehead atoms. The number of amides is 1. The Bertz CT molecular complexity index is 779. The number of rotatable bonds is 4. The molecule has 1 aromatic rings. The van der Waals surface area contributed by atoms with E-state index < -0.39 is 15.9 Å². The van der Waals surface area contributed by atoms with E-state index in [0.29, 0.717) is 5.57 Å². The first kappa shape index (κ1) is 15.9. The number of sulfonamides is 1. The molecule has 0 radical (unpaired) electrons. The maximum atomic E-state index is 12.6. The number of carbonyl (C=O) groups is 1. The third-order valence-electron chi connectivity index (χ3n) is 4.13. The molecule has 0 spiro atoms. The van der Waals surface area contributed by atoms with Gasteiger partial charge < -0.3 is 11.1 Å². The summed E-state index contributed by atoms with van der Waals surface area (Å²) in [4.78, 5) is 11.4. The number of benzene rings is 1. The average molecular weight is 333 g/mol. The lowest BCUT2D eigenvalue weighted by Crippen LogP contribution is -2.30.